The van der Waals surface area contributed by atoms with Gasteiger partial charge >= 0.3 is 0 Å². The summed E-state index contributed by atoms with van der Waals surface area (Å²) < 4.78 is 18.3. The maximum atomic E-state index is 12.9. The Morgan fingerprint density at radius 2 is 2.04 bits per heavy atom. The third kappa shape index (κ3) is 3.60. The summed E-state index contributed by atoms with van der Waals surface area (Å²) in [7, 11) is 0. The van der Waals surface area contributed by atoms with E-state index in [0.717, 1.165) is 10.0 Å². The number of nitrogens with zero attached hydrogens (tertiary/aromatic N) is 1. The highest BCUT2D eigenvalue weighted by atomic mass is 79.9. The Labute approximate surface area is 156 Å². The van der Waals surface area contributed by atoms with Gasteiger partial charge in [0.05, 0.1) is 5.56 Å². The quantitative estimate of drug-likeness (QED) is 0.596. The molecule has 1 aromatic carbocycles. The maximum absolute atomic E-state index is 12.9. The van der Waals surface area contributed by atoms with Crippen LogP contribution in [0.4, 0.5) is 4.39 Å². The van der Waals surface area contributed by atoms with Gasteiger partial charge in [0.15, 0.2) is 5.78 Å². The van der Waals surface area contributed by atoms with Crippen LogP contribution in [-0.4, -0.2) is 35.1 Å². The number of nitrogens with one attached hydrogen (secondary N) is 2. The van der Waals surface area contributed by atoms with Gasteiger partial charge in [0.2, 0.25) is 0 Å². The van der Waals surface area contributed by atoms with Gasteiger partial charge in [0.25, 0.3) is 5.91 Å². The van der Waals surface area contributed by atoms with Crippen molar-refractivity contribution in [1.29, 1.82) is 0 Å². The summed E-state index contributed by atoms with van der Waals surface area (Å²) in [5.74, 6) is -0.406. The molecule has 0 fully saturated rings. The lowest BCUT2D eigenvalue weighted by molar-refractivity contribution is 0.0946. The lowest BCUT2D eigenvalue weighted by Gasteiger charge is -2.01. The number of rotatable bonds is 6. The molecule has 8 heteroatoms. The average molecular weight is 420 g/mol. The second kappa shape index (κ2) is 7.65. The highest BCUT2D eigenvalue weighted by Crippen LogP contribution is 2.28. The molecule has 0 saturated heterocycles. The van der Waals surface area contributed by atoms with Crippen molar-refractivity contribution in [1.82, 2.24) is 15.5 Å². The highest BCUT2D eigenvalue weighted by molar-refractivity contribution is 9.10. The summed E-state index contributed by atoms with van der Waals surface area (Å²) >= 11 is 3.37. The molecule has 26 heavy (non-hydrogen) atoms. The van der Waals surface area contributed by atoms with E-state index < -0.39 is 12.6 Å². The molecule has 0 atom stereocenters. The molecule has 2 N–H and O–H groups in total. The van der Waals surface area contributed by atoms with E-state index in [2.05, 4.69) is 31.4 Å². The molecule has 0 bridgehead atoms. The van der Waals surface area contributed by atoms with Crippen LogP contribution in [0.5, 0.6) is 0 Å². The maximum Gasteiger partial charge on any atom is 0.267 e. The van der Waals surface area contributed by atoms with E-state index in [1.54, 1.807) is 6.92 Å². The van der Waals surface area contributed by atoms with Crippen molar-refractivity contribution in [2.24, 2.45) is 0 Å². The highest BCUT2D eigenvalue weighted by Gasteiger charge is 2.24. The first-order valence-electron chi connectivity index (χ1n) is 7.80. The van der Waals surface area contributed by atoms with E-state index in [-0.39, 0.29) is 18.0 Å². The normalized spacial score (nSPS) is 10.7. The monoisotopic (exact) mass is 419 g/mol. The molecule has 0 aliphatic heterocycles. The van der Waals surface area contributed by atoms with Gasteiger partial charge < -0.3 is 14.8 Å². The van der Waals surface area contributed by atoms with Gasteiger partial charge in [0.1, 0.15) is 23.8 Å². The third-order valence-corrected chi connectivity index (χ3v) is 4.31. The van der Waals surface area contributed by atoms with Crippen molar-refractivity contribution in [3.63, 3.8) is 0 Å². The van der Waals surface area contributed by atoms with E-state index in [0.29, 0.717) is 22.6 Å². The first kappa shape index (κ1) is 18.1. The fourth-order valence-electron chi connectivity index (χ4n) is 2.50. The standard InChI is InChI=1S/C18H15BrFN3O3/c1-10-15(16(23-26-10)11-2-4-13(19)5-3-11)17(24)12-8-14(22-9-12)18(25)21-7-6-20/h2-5,8-9,22H,6-7H2,1H3,(H,21,25). The molecule has 1 amide bonds. The second-order valence-electron chi connectivity index (χ2n) is 5.55. The van der Waals surface area contributed by atoms with E-state index in [1.807, 2.05) is 24.3 Å². The molecule has 134 valence electrons. The first-order chi connectivity index (χ1) is 12.5. The summed E-state index contributed by atoms with van der Waals surface area (Å²) in [5, 5.41) is 6.40. The lowest BCUT2D eigenvalue weighted by Crippen LogP contribution is -2.25. The summed E-state index contributed by atoms with van der Waals surface area (Å²) in [5.41, 5.74) is 1.98. The Hall–Kier alpha value is -2.74. The number of hydrogen-bond acceptors (Lipinski definition) is 4. The lowest BCUT2D eigenvalue weighted by atomic mass is 9.99. The van der Waals surface area contributed by atoms with E-state index in [1.165, 1.54) is 12.3 Å². The van der Waals surface area contributed by atoms with Gasteiger partial charge in [-0.05, 0) is 25.1 Å². The zero-order valence-electron chi connectivity index (χ0n) is 13.8. The Kier molecular flexibility index (Phi) is 5.32. The SMILES string of the molecule is Cc1onc(-c2ccc(Br)cc2)c1C(=O)c1c[nH]c(C(=O)NCCF)c1. The Morgan fingerprint density at radius 1 is 1.31 bits per heavy atom. The number of H-pyrrole nitrogens is 1. The number of carbonyl (C=O) groups excluding carboxylic acids is 2. The van der Waals surface area contributed by atoms with Gasteiger partial charge in [-0.1, -0.05) is 33.2 Å². The van der Waals surface area contributed by atoms with Crippen molar-refractivity contribution >= 4 is 27.6 Å². The molecule has 0 aliphatic carbocycles. The number of aromatic nitrogens is 2. The summed E-state index contributed by atoms with van der Waals surface area (Å²) in [6, 6.07) is 8.76. The summed E-state index contributed by atoms with van der Waals surface area (Å²) in [6.07, 6.45) is 1.44. The van der Waals surface area contributed by atoms with Crippen molar-refractivity contribution in [3.8, 4) is 11.3 Å². The number of aryl methyl sites for hydroxylation is 1. The van der Waals surface area contributed by atoms with Crippen LogP contribution in [0.1, 0.15) is 32.2 Å². The fraction of sp³-hybridized carbons (Fsp3) is 0.167. The topological polar surface area (TPSA) is 88.0 Å². The van der Waals surface area contributed by atoms with E-state index in [4.69, 9.17) is 4.52 Å². The fourth-order valence-corrected chi connectivity index (χ4v) is 2.77. The van der Waals surface area contributed by atoms with Crippen molar-refractivity contribution in [3.05, 3.63) is 63.6 Å². The van der Waals surface area contributed by atoms with Crippen LogP contribution in [-0.2, 0) is 0 Å². The number of benzene rings is 1. The molecule has 0 aliphatic rings. The first-order valence-corrected chi connectivity index (χ1v) is 8.60. The van der Waals surface area contributed by atoms with E-state index in [9.17, 15) is 14.0 Å². The van der Waals surface area contributed by atoms with Gasteiger partial charge in [-0.3, -0.25) is 9.59 Å². The number of halogens is 2. The minimum atomic E-state index is -0.658. The minimum Gasteiger partial charge on any atom is -0.360 e. The molecule has 6 nitrogen and oxygen atoms in total. The molecule has 0 spiro atoms. The van der Waals surface area contributed by atoms with Gasteiger partial charge in [-0.15, -0.1) is 0 Å². The molecular formula is C18H15BrFN3O3. The summed E-state index contributed by atoms with van der Waals surface area (Å²) in [4.78, 5) is 27.5. The van der Waals surface area contributed by atoms with Gasteiger partial charge in [0, 0.05) is 28.3 Å². The van der Waals surface area contributed by atoms with Crippen LogP contribution in [0.3, 0.4) is 0 Å². The number of carbonyl (C=O) groups is 2. The van der Waals surface area contributed by atoms with E-state index >= 15 is 0 Å². The molecular weight excluding hydrogens is 405 g/mol. The van der Waals surface area contributed by atoms with Crippen molar-refractivity contribution < 1.29 is 18.5 Å². The molecule has 3 rings (SSSR count). The number of hydrogen-bond donors (Lipinski definition) is 2. The predicted octanol–water partition coefficient (Wildman–Crippen LogP) is 3.67. The number of aromatic amines is 1. The molecule has 0 saturated carbocycles. The zero-order chi connectivity index (χ0) is 18.7. The zero-order valence-corrected chi connectivity index (χ0v) is 15.4. The Balaban J connectivity index is 1.91. The molecule has 3 aromatic rings. The Bertz CT molecular complexity index is 947. The third-order valence-electron chi connectivity index (χ3n) is 3.78. The van der Waals surface area contributed by atoms with Crippen LogP contribution in [0.15, 0.2) is 45.5 Å². The van der Waals surface area contributed by atoms with Crippen molar-refractivity contribution in [2.45, 2.75) is 6.92 Å². The molecule has 2 heterocycles. The van der Waals surface area contributed by atoms with Gasteiger partial charge in [-0.2, -0.15) is 0 Å². The molecule has 0 unspecified atom stereocenters. The van der Waals surface area contributed by atoms with Crippen LogP contribution in [0, 0.1) is 6.92 Å². The number of amides is 1. The average Bonchev–Trinajstić information content (AvgIpc) is 3.27. The van der Waals surface area contributed by atoms with Crippen molar-refractivity contribution in [2.75, 3.05) is 13.2 Å². The second-order valence-corrected chi connectivity index (χ2v) is 6.46. The molecule has 2 aromatic heterocycles. The molecule has 0 radical (unpaired) electrons. The van der Waals surface area contributed by atoms with Crippen LogP contribution < -0.4 is 5.32 Å². The summed E-state index contributed by atoms with van der Waals surface area (Å²) in [6.45, 7) is 0.915. The van der Waals surface area contributed by atoms with Crippen LogP contribution in [0.2, 0.25) is 0 Å². The predicted molar refractivity (Wildman–Crippen MR) is 96.9 cm³/mol. The van der Waals surface area contributed by atoms with Crippen LogP contribution in [0.25, 0.3) is 11.3 Å². The Morgan fingerprint density at radius 3 is 2.73 bits per heavy atom. The van der Waals surface area contributed by atoms with Gasteiger partial charge in [-0.25, -0.2) is 4.39 Å². The largest absolute Gasteiger partial charge is 0.360 e. The number of alkyl halides is 1. The van der Waals surface area contributed by atoms with Crippen LogP contribution >= 0.6 is 15.9 Å². The smallest absolute Gasteiger partial charge is 0.267 e. The minimum absolute atomic E-state index is 0.0837. The number of ketones is 1.